The van der Waals surface area contributed by atoms with Gasteiger partial charge in [-0.15, -0.1) is 0 Å². The van der Waals surface area contributed by atoms with Gasteiger partial charge in [-0.1, -0.05) is 30.3 Å². The van der Waals surface area contributed by atoms with E-state index in [1.54, 1.807) is 6.20 Å². The molecule has 3 aromatic rings. The summed E-state index contributed by atoms with van der Waals surface area (Å²) in [4.78, 5) is 11.0. The number of anilines is 1. The van der Waals surface area contributed by atoms with E-state index in [-0.39, 0.29) is 5.75 Å². The summed E-state index contributed by atoms with van der Waals surface area (Å²) in [5.41, 5.74) is 1.20. The molecule has 2 aliphatic rings. The van der Waals surface area contributed by atoms with Crippen molar-refractivity contribution >= 4 is 26.9 Å². The van der Waals surface area contributed by atoms with Crippen LogP contribution in [0, 0.1) is 11.8 Å². The van der Waals surface area contributed by atoms with E-state index in [4.69, 9.17) is 0 Å². The molecule has 5 rings (SSSR count). The third-order valence-electron chi connectivity index (χ3n) is 6.43. The smallest absolute Gasteiger partial charge is 0.244 e. The van der Waals surface area contributed by atoms with Gasteiger partial charge in [-0.2, -0.15) is 0 Å². The highest BCUT2D eigenvalue weighted by molar-refractivity contribution is 7.89. The average Bonchev–Trinajstić information content (AvgIpc) is 3.42. The normalized spacial score (nSPS) is 24.1. The Morgan fingerprint density at radius 3 is 2.55 bits per heavy atom. The topological polar surface area (TPSA) is 80.1 Å². The maximum absolute atomic E-state index is 13.0. The van der Waals surface area contributed by atoms with Crippen molar-refractivity contribution in [3.63, 3.8) is 0 Å². The Kier molecular flexibility index (Phi) is 4.55. The minimum atomic E-state index is -3.57. The van der Waals surface area contributed by atoms with Gasteiger partial charge in [0.2, 0.25) is 10.0 Å². The van der Waals surface area contributed by atoms with Gasteiger partial charge >= 0.3 is 0 Å². The molecule has 1 aromatic carbocycles. The van der Waals surface area contributed by atoms with Gasteiger partial charge in [0.25, 0.3) is 0 Å². The fourth-order valence-electron chi connectivity index (χ4n) is 4.90. The maximum atomic E-state index is 13.0. The highest BCUT2D eigenvalue weighted by Gasteiger charge is 2.39. The largest absolute Gasteiger partial charge is 0.356 e. The first-order valence-corrected chi connectivity index (χ1v) is 11.7. The Morgan fingerprint density at radius 1 is 1.10 bits per heavy atom. The molecule has 1 saturated heterocycles. The van der Waals surface area contributed by atoms with Crippen molar-refractivity contribution in [1.29, 1.82) is 0 Å². The standard InChI is InChI=1S/C21H25N5O2S/c1-25(18-9-16-11-22-12-17(16)10-18)20-19-7-8-26(21(19)24-14-23-20)29(27,28)13-15-5-3-2-4-6-15/h2-8,14,16-18,22H,9-13H2,1H3/t16-,17+,18?. The van der Waals surface area contributed by atoms with E-state index < -0.39 is 10.0 Å². The van der Waals surface area contributed by atoms with Gasteiger partial charge in [-0.3, -0.25) is 0 Å². The summed E-state index contributed by atoms with van der Waals surface area (Å²) in [6.07, 6.45) is 5.36. The molecule has 3 heterocycles. The zero-order chi connectivity index (χ0) is 20.0. The van der Waals surface area contributed by atoms with Gasteiger partial charge in [-0.25, -0.2) is 22.4 Å². The van der Waals surface area contributed by atoms with E-state index in [0.717, 1.165) is 54.5 Å². The number of hydrogen-bond donors (Lipinski definition) is 1. The molecule has 7 nitrogen and oxygen atoms in total. The van der Waals surface area contributed by atoms with Gasteiger partial charge in [-0.05, 0) is 49.4 Å². The molecule has 0 amide bonds. The number of hydrogen-bond acceptors (Lipinski definition) is 6. The molecule has 2 aromatic heterocycles. The van der Waals surface area contributed by atoms with E-state index in [1.165, 1.54) is 10.3 Å². The van der Waals surface area contributed by atoms with Gasteiger partial charge in [0.1, 0.15) is 12.1 Å². The lowest BCUT2D eigenvalue weighted by molar-refractivity contribution is 0.494. The van der Waals surface area contributed by atoms with Crippen LogP contribution in [0.25, 0.3) is 11.0 Å². The highest BCUT2D eigenvalue weighted by Crippen LogP contribution is 2.39. The molecule has 152 valence electrons. The van der Waals surface area contributed by atoms with Gasteiger partial charge < -0.3 is 10.2 Å². The van der Waals surface area contributed by atoms with Crippen LogP contribution < -0.4 is 10.2 Å². The predicted molar refractivity (Wildman–Crippen MR) is 113 cm³/mol. The van der Waals surface area contributed by atoms with Crippen LogP contribution in [0.4, 0.5) is 5.82 Å². The van der Waals surface area contributed by atoms with Crippen LogP contribution in [-0.4, -0.2) is 48.5 Å². The second-order valence-corrected chi connectivity index (χ2v) is 10.0. The summed E-state index contributed by atoms with van der Waals surface area (Å²) in [6.45, 7) is 2.20. The summed E-state index contributed by atoms with van der Waals surface area (Å²) in [5.74, 6) is 2.21. The molecule has 29 heavy (non-hydrogen) atoms. The fourth-order valence-corrected chi connectivity index (χ4v) is 6.31. The molecule has 3 atom stereocenters. The minimum Gasteiger partial charge on any atom is -0.356 e. The van der Waals surface area contributed by atoms with Crippen LogP contribution in [-0.2, 0) is 15.8 Å². The van der Waals surface area contributed by atoms with Gasteiger partial charge in [0.15, 0.2) is 5.65 Å². The van der Waals surface area contributed by atoms with E-state index in [0.29, 0.717) is 11.7 Å². The van der Waals surface area contributed by atoms with Crippen molar-refractivity contribution in [2.24, 2.45) is 11.8 Å². The van der Waals surface area contributed by atoms with Crippen molar-refractivity contribution in [3.8, 4) is 0 Å². The zero-order valence-corrected chi connectivity index (χ0v) is 17.2. The van der Waals surface area contributed by atoms with Crippen LogP contribution in [0.2, 0.25) is 0 Å². The molecule has 1 N–H and O–H groups in total. The van der Waals surface area contributed by atoms with Crippen molar-refractivity contribution in [2.75, 3.05) is 25.0 Å². The third kappa shape index (κ3) is 3.30. The number of benzene rings is 1. The fraction of sp³-hybridized carbons (Fsp3) is 0.429. The zero-order valence-electron chi connectivity index (χ0n) is 16.4. The summed E-state index contributed by atoms with van der Waals surface area (Å²) in [7, 11) is -1.50. The Hall–Kier alpha value is -2.45. The Morgan fingerprint density at radius 2 is 1.83 bits per heavy atom. The first-order chi connectivity index (χ1) is 14.0. The maximum Gasteiger partial charge on any atom is 0.244 e. The summed E-state index contributed by atoms with van der Waals surface area (Å²) in [6, 6.07) is 11.5. The first-order valence-electron chi connectivity index (χ1n) is 10.1. The lowest BCUT2D eigenvalue weighted by atomic mass is 10.0. The summed E-state index contributed by atoms with van der Waals surface area (Å²) in [5, 5.41) is 4.26. The van der Waals surface area contributed by atoms with E-state index in [2.05, 4.69) is 27.2 Å². The highest BCUT2D eigenvalue weighted by atomic mass is 32.2. The van der Waals surface area contributed by atoms with Crippen LogP contribution >= 0.6 is 0 Å². The van der Waals surface area contributed by atoms with E-state index >= 15 is 0 Å². The van der Waals surface area contributed by atoms with Crippen LogP contribution in [0.5, 0.6) is 0 Å². The number of rotatable bonds is 5. The summed E-state index contributed by atoms with van der Waals surface area (Å²) >= 11 is 0. The molecular formula is C21H25N5O2S. The number of nitrogens with zero attached hydrogens (tertiary/aromatic N) is 4. The molecule has 2 fully saturated rings. The second kappa shape index (κ2) is 7.11. The van der Waals surface area contributed by atoms with Crippen LogP contribution in [0.3, 0.4) is 0 Å². The lowest BCUT2D eigenvalue weighted by Crippen LogP contribution is -2.32. The Bertz CT molecular complexity index is 1120. The molecule has 1 aliphatic carbocycles. The lowest BCUT2D eigenvalue weighted by Gasteiger charge is -2.26. The van der Waals surface area contributed by atoms with Crippen molar-refractivity contribution in [1.82, 2.24) is 19.3 Å². The molecule has 8 heteroatoms. The van der Waals surface area contributed by atoms with Crippen LogP contribution in [0.1, 0.15) is 18.4 Å². The first kappa shape index (κ1) is 18.6. The monoisotopic (exact) mass is 411 g/mol. The molecular weight excluding hydrogens is 386 g/mol. The second-order valence-electron chi connectivity index (χ2n) is 8.20. The van der Waals surface area contributed by atoms with Crippen molar-refractivity contribution in [2.45, 2.75) is 24.6 Å². The van der Waals surface area contributed by atoms with Crippen LogP contribution in [0.15, 0.2) is 48.9 Å². The summed E-state index contributed by atoms with van der Waals surface area (Å²) < 4.78 is 27.4. The quantitative estimate of drug-likeness (QED) is 0.694. The molecule has 0 radical (unpaired) electrons. The molecule has 1 saturated carbocycles. The Labute approximate surface area is 170 Å². The average molecular weight is 412 g/mol. The van der Waals surface area contributed by atoms with Crippen molar-refractivity contribution in [3.05, 3.63) is 54.5 Å². The SMILES string of the molecule is CN(c1ncnc2c1ccn2S(=O)(=O)Cc1ccccc1)C1C[C@H]2CNC[C@H]2C1. The van der Waals surface area contributed by atoms with Gasteiger partial charge in [0, 0.05) is 19.3 Å². The third-order valence-corrected chi connectivity index (χ3v) is 8.02. The van der Waals surface area contributed by atoms with Crippen molar-refractivity contribution < 1.29 is 8.42 Å². The number of nitrogens with one attached hydrogen (secondary N) is 1. The van der Waals surface area contributed by atoms with Gasteiger partial charge in [0.05, 0.1) is 11.1 Å². The minimum absolute atomic E-state index is 0.0637. The molecule has 0 bridgehead atoms. The molecule has 1 unspecified atom stereocenters. The molecule has 0 spiro atoms. The number of aromatic nitrogens is 3. The Balaban J connectivity index is 1.46. The molecule has 1 aliphatic heterocycles. The predicted octanol–water partition coefficient (Wildman–Crippen LogP) is 2.24. The number of fused-ring (bicyclic) bond motifs is 2. The van der Waals surface area contributed by atoms with E-state index in [9.17, 15) is 8.42 Å². The van der Waals surface area contributed by atoms with E-state index in [1.807, 2.05) is 36.4 Å².